The number of hydrogen-bond donors (Lipinski definition) is 3. The molecule has 8 heteroatoms. The number of amides is 2. The number of benzene rings is 1. The molecule has 0 saturated carbocycles. The van der Waals surface area contributed by atoms with Crippen LogP contribution in [-0.2, 0) is 15.8 Å². The van der Waals surface area contributed by atoms with Crippen molar-refractivity contribution in [3.8, 4) is 0 Å². The van der Waals surface area contributed by atoms with Crippen molar-refractivity contribution in [3.63, 3.8) is 0 Å². The van der Waals surface area contributed by atoms with Crippen LogP contribution < -0.4 is 10.6 Å². The van der Waals surface area contributed by atoms with E-state index in [1.165, 1.54) is 13.0 Å². The first-order valence-corrected chi connectivity index (χ1v) is 7.05. The second-order valence-electron chi connectivity index (χ2n) is 5.22. The standard InChI is InChI=1S/C15H19F3N2O3/c1-9-5-6-11(15(16,17)18)8-12(9)20-14(23)13(22)19-10(2)4-3-7-21/h5-6,8,10,21H,3-4,7H2,1-2H3,(H,19,22)(H,20,23). The summed E-state index contributed by atoms with van der Waals surface area (Å²) in [5, 5.41) is 13.3. The highest BCUT2D eigenvalue weighted by Crippen LogP contribution is 2.31. The molecule has 0 spiro atoms. The molecular formula is C15H19F3N2O3. The topological polar surface area (TPSA) is 78.4 Å². The quantitative estimate of drug-likeness (QED) is 0.724. The van der Waals surface area contributed by atoms with Gasteiger partial charge in [0.25, 0.3) is 0 Å². The molecular weight excluding hydrogens is 313 g/mol. The molecule has 2 amide bonds. The van der Waals surface area contributed by atoms with E-state index in [9.17, 15) is 22.8 Å². The molecule has 1 atom stereocenters. The molecule has 0 aliphatic heterocycles. The number of halogens is 3. The SMILES string of the molecule is Cc1ccc(C(F)(F)F)cc1NC(=O)C(=O)NC(C)CCCO. The maximum absolute atomic E-state index is 12.7. The third-order valence-electron chi connectivity index (χ3n) is 3.19. The molecule has 0 aliphatic rings. The van der Waals surface area contributed by atoms with Gasteiger partial charge in [-0.15, -0.1) is 0 Å². The third kappa shape index (κ3) is 5.90. The summed E-state index contributed by atoms with van der Waals surface area (Å²) in [6.45, 7) is 3.16. The second kappa shape index (κ2) is 7.96. The molecule has 1 aromatic rings. The van der Waals surface area contributed by atoms with E-state index in [2.05, 4.69) is 10.6 Å². The Morgan fingerprint density at radius 1 is 1.26 bits per heavy atom. The fourth-order valence-electron chi connectivity index (χ4n) is 1.87. The lowest BCUT2D eigenvalue weighted by molar-refractivity contribution is -0.137. The van der Waals surface area contributed by atoms with Crippen LogP contribution in [0.1, 0.15) is 30.9 Å². The predicted molar refractivity (Wildman–Crippen MR) is 78.7 cm³/mol. The smallest absolute Gasteiger partial charge is 0.396 e. The average molecular weight is 332 g/mol. The van der Waals surface area contributed by atoms with Crippen molar-refractivity contribution >= 4 is 17.5 Å². The Kier molecular flexibility index (Phi) is 6.56. The van der Waals surface area contributed by atoms with Gasteiger partial charge in [-0.25, -0.2) is 0 Å². The van der Waals surface area contributed by atoms with Gasteiger partial charge >= 0.3 is 18.0 Å². The van der Waals surface area contributed by atoms with Crippen LogP contribution in [0.5, 0.6) is 0 Å². The van der Waals surface area contributed by atoms with Crippen LogP contribution in [0.3, 0.4) is 0 Å². The van der Waals surface area contributed by atoms with Gasteiger partial charge in [-0.1, -0.05) is 6.07 Å². The van der Waals surface area contributed by atoms with Crippen LogP contribution in [-0.4, -0.2) is 29.6 Å². The van der Waals surface area contributed by atoms with Gasteiger partial charge in [0.05, 0.1) is 5.56 Å². The molecule has 3 N–H and O–H groups in total. The number of carbonyl (C=O) groups is 2. The normalized spacial score (nSPS) is 12.6. The number of carbonyl (C=O) groups excluding carboxylic acids is 2. The van der Waals surface area contributed by atoms with Crippen LogP contribution in [0.15, 0.2) is 18.2 Å². The van der Waals surface area contributed by atoms with E-state index in [1.54, 1.807) is 6.92 Å². The van der Waals surface area contributed by atoms with Crippen molar-refractivity contribution < 1.29 is 27.9 Å². The highest BCUT2D eigenvalue weighted by Gasteiger charge is 2.31. The van der Waals surface area contributed by atoms with Gasteiger partial charge in [0, 0.05) is 18.3 Å². The molecule has 1 aromatic carbocycles. The molecule has 0 heterocycles. The van der Waals surface area contributed by atoms with E-state index in [-0.39, 0.29) is 18.3 Å². The third-order valence-corrected chi connectivity index (χ3v) is 3.19. The minimum Gasteiger partial charge on any atom is -0.396 e. The number of aryl methyl sites for hydroxylation is 1. The Morgan fingerprint density at radius 3 is 2.48 bits per heavy atom. The molecule has 0 aliphatic carbocycles. The Bertz CT molecular complexity index is 574. The average Bonchev–Trinajstić information content (AvgIpc) is 2.46. The molecule has 1 unspecified atom stereocenters. The summed E-state index contributed by atoms with van der Waals surface area (Å²) in [6.07, 6.45) is -3.58. The van der Waals surface area contributed by atoms with Crippen molar-refractivity contribution in [3.05, 3.63) is 29.3 Å². The Labute approximate surface area is 131 Å². The van der Waals surface area contributed by atoms with E-state index >= 15 is 0 Å². The van der Waals surface area contributed by atoms with Crippen LogP contribution in [0.25, 0.3) is 0 Å². The number of anilines is 1. The van der Waals surface area contributed by atoms with Gasteiger partial charge in [0.2, 0.25) is 0 Å². The zero-order chi connectivity index (χ0) is 17.6. The molecule has 0 aromatic heterocycles. The van der Waals surface area contributed by atoms with Crippen molar-refractivity contribution in [1.82, 2.24) is 5.32 Å². The fourth-order valence-corrected chi connectivity index (χ4v) is 1.87. The molecule has 0 radical (unpaired) electrons. The lowest BCUT2D eigenvalue weighted by Gasteiger charge is -2.15. The van der Waals surface area contributed by atoms with Crippen molar-refractivity contribution in [2.24, 2.45) is 0 Å². The summed E-state index contributed by atoms with van der Waals surface area (Å²) in [7, 11) is 0. The second-order valence-corrected chi connectivity index (χ2v) is 5.22. The number of aliphatic hydroxyl groups excluding tert-OH is 1. The maximum atomic E-state index is 12.7. The zero-order valence-electron chi connectivity index (χ0n) is 12.8. The zero-order valence-corrected chi connectivity index (χ0v) is 12.8. The van der Waals surface area contributed by atoms with Gasteiger partial charge in [-0.2, -0.15) is 13.2 Å². The first-order valence-electron chi connectivity index (χ1n) is 7.05. The van der Waals surface area contributed by atoms with Crippen LogP contribution in [0.2, 0.25) is 0 Å². The summed E-state index contributed by atoms with van der Waals surface area (Å²) in [4.78, 5) is 23.5. The Hall–Kier alpha value is -2.09. The van der Waals surface area contributed by atoms with Gasteiger partial charge < -0.3 is 15.7 Å². The molecule has 1 rings (SSSR count). The largest absolute Gasteiger partial charge is 0.416 e. The van der Waals surface area contributed by atoms with E-state index in [0.717, 1.165) is 12.1 Å². The highest BCUT2D eigenvalue weighted by molar-refractivity contribution is 6.39. The molecule has 0 saturated heterocycles. The summed E-state index contributed by atoms with van der Waals surface area (Å²) in [5.74, 6) is -1.98. The summed E-state index contributed by atoms with van der Waals surface area (Å²) in [5.41, 5.74) is -0.564. The number of rotatable bonds is 5. The molecule has 5 nitrogen and oxygen atoms in total. The predicted octanol–water partition coefficient (Wildman–Crippen LogP) is 2.23. The first kappa shape index (κ1) is 19.0. The van der Waals surface area contributed by atoms with E-state index in [4.69, 9.17) is 5.11 Å². The van der Waals surface area contributed by atoms with Crippen molar-refractivity contribution in [2.75, 3.05) is 11.9 Å². The minimum absolute atomic E-state index is 0.0319. The Morgan fingerprint density at radius 2 is 1.91 bits per heavy atom. The fraction of sp³-hybridized carbons (Fsp3) is 0.467. The summed E-state index contributed by atoms with van der Waals surface area (Å²) in [6, 6.07) is 2.58. The number of hydrogen-bond acceptors (Lipinski definition) is 3. The Balaban J connectivity index is 2.75. The monoisotopic (exact) mass is 332 g/mol. The molecule has 128 valence electrons. The summed E-state index contributed by atoms with van der Waals surface area (Å²) < 4.78 is 38.0. The number of aliphatic hydroxyl groups is 1. The molecule has 0 fully saturated rings. The molecule has 23 heavy (non-hydrogen) atoms. The lowest BCUT2D eigenvalue weighted by atomic mass is 10.1. The minimum atomic E-state index is -4.53. The van der Waals surface area contributed by atoms with E-state index < -0.39 is 23.6 Å². The van der Waals surface area contributed by atoms with Crippen LogP contribution in [0, 0.1) is 6.92 Å². The van der Waals surface area contributed by atoms with Crippen LogP contribution in [0.4, 0.5) is 18.9 Å². The van der Waals surface area contributed by atoms with E-state index in [1.807, 2.05) is 0 Å². The van der Waals surface area contributed by atoms with Gasteiger partial charge in [0.15, 0.2) is 0 Å². The van der Waals surface area contributed by atoms with Gasteiger partial charge in [-0.3, -0.25) is 9.59 Å². The maximum Gasteiger partial charge on any atom is 0.416 e. The highest BCUT2D eigenvalue weighted by atomic mass is 19.4. The number of nitrogens with one attached hydrogen (secondary N) is 2. The number of alkyl halides is 3. The van der Waals surface area contributed by atoms with E-state index in [0.29, 0.717) is 18.4 Å². The summed E-state index contributed by atoms with van der Waals surface area (Å²) >= 11 is 0. The van der Waals surface area contributed by atoms with Crippen molar-refractivity contribution in [1.29, 1.82) is 0 Å². The van der Waals surface area contributed by atoms with Crippen LogP contribution >= 0.6 is 0 Å². The van der Waals surface area contributed by atoms with Gasteiger partial charge in [0.1, 0.15) is 0 Å². The molecule has 0 bridgehead atoms. The lowest BCUT2D eigenvalue weighted by Crippen LogP contribution is -2.40. The first-order chi connectivity index (χ1) is 10.6. The van der Waals surface area contributed by atoms with Gasteiger partial charge in [-0.05, 0) is 44.4 Å². The van der Waals surface area contributed by atoms with Crippen molar-refractivity contribution in [2.45, 2.75) is 38.9 Å².